The van der Waals surface area contributed by atoms with Crippen LogP contribution in [0.1, 0.15) is 86.4 Å². The first-order chi connectivity index (χ1) is 8.75. The van der Waals surface area contributed by atoms with Crippen molar-refractivity contribution in [3.63, 3.8) is 0 Å². The van der Waals surface area contributed by atoms with Crippen LogP contribution in [0.2, 0.25) is 0 Å². The Balaban J connectivity index is 1.91. The quantitative estimate of drug-likeness (QED) is 0.764. The van der Waals surface area contributed by atoms with Crippen LogP contribution >= 0.6 is 0 Å². The smallest absolute Gasteiger partial charge is 0.0297 e. The van der Waals surface area contributed by atoms with E-state index in [0.29, 0.717) is 5.92 Å². The number of fused-ring (bicyclic) bond motifs is 1. The second-order valence-corrected chi connectivity index (χ2v) is 6.31. The van der Waals surface area contributed by atoms with Gasteiger partial charge in [0.1, 0.15) is 0 Å². The summed E-state index contributed by atoms with van der Waals surface area (Å²) in [7, 11) is 0. The zero-order valence-electron chi connectivity index (χ0n) is 11.5. The molecule has 2 atom stereocenters. The number of hydrogen-bond acceptors (Lipinski definition) is 1. The summed E-state index contributed by atoms with van der Waals surface area (Å²) in [5, 5.41) is 0. The SMILES string of the molecule is CC1CC[C@H](N)c2cc(C3CCCCC3)ccc21. The van der Waals surface area contributed by atoms with Gasteiger partial charge in [-0.3, -0.25) is 0 Å². The molecule has 18 heavy (non-hydrogen) atoms. The van der Waals surface area contributed by atoms with Gasteiger partial charge in [0.05, 0.1) is 0 Å². The third kappa shape index (κ3) is 2.21. The van der Waals surface area contributed by atoms with Crippen LogP contribution in [-0.2, 0) is 0 Å². The fraction of sp³-hybridized carbons (Fsp3) is 0.647. The van der Waals surface area contributed by atoms with Gasteiger partial charge in [0, 0.05) is 6.04 Å². The van der Waals surface area contributed by atoms with E-state index in [1.165, 1.54) is 49.7 Å². The lowest BCUT2D eigenvalue weighted by atomic mass is 9.77. The summed E-state index contributed by atoms with van der Waals surface area (Å²) in [6.45, 7) is 2.34. The third-order valence-corrected chi connectivity index (χ3v) is 5.03. The lowest BCUT2D eigenvalue weighted by Gasteiger charge is -2.30. The normalized spacial score (nSPS) is 29.0. The summed E-state index contributed by atoms with van der Waals surface area (Å²) >= 11 is 0. The van der Waals surface area contributed by atoms with Gasteiger partial charge in [0.25, 0.3) is 0 Å². The van der Waals surface area contributed by atoms with Gasteiger partial charge < -0.3 is 5.73 Å². The monoisotopic (exact) mass is 243 g/mol. The molecular formula is C17H25N. The first-order valence-corrected chi connectivity index (χ1v) is 7.65. The minimum Gasteiger partial charge on any atom is -0.324 e. The fourth-order valence-electron chi connectivity index (χ4n) is 3.79. The summed E-state index contributed by atoms with van der Waals surface area (Å²) in [6.07, 6.45) is 9.40. The van der Waals surface area contributed by atoms with Crippen molar-refractivity contribution >= 4 is 0 Å². The molecule has 1 heteroatoms. The largest absolute Gasteiger partial charge is 0.324 e. The maximum Gasteiger partial charge on any atom is 0.0297 e. The van der Waals surface area contributed by atoms with E-state index >= 15 is 0 Å². The average molecular weight is 243 g/mol. The van der Waals surface area contributed by atoms with Crippen molar-refractivity contribution < 1.29 is 0 Å². The van der Waals surface area contributed by atoms with Crippen LogP contribution in [0.3, 0.4) is 0 Å². The van der Waals surface area contributed by atoms with Crippen LogP contribution in [0.5, 0.6) is 0 Å². The van der Waals surface area contributed by atoms with E-state index in [-0.39, 0.29) is 6.04 Å². The second kappa shape index (κ2) is 5.05. The maximum absolute atomic E-state index is 6.31. The van der Waals surface area contributed by atoms with E-state index in [9.17, 15) is 0 Å². The second-order valence-electron chi connectivity index (χ2n) is 6.31. The molecule has 0 amide bonds. The van der Waals surface area contributed by atoms with E-state index in [1.54, 1.807) is 5.56 Å². The molecular weight excluding hydrogens is 218 g/mol. The number of rotatable bonds is 1. The molecule has 0 heterocycles. The Morgan fingerprint density at radius 3 is 2.50 bits per heavy atom. The van der Waals surface area contributed by atoms with Crippen molar-refractivity contribution in [2.75, 3.05) is 0 Å². The van der Waals surface area contributed by atoms with Crippen molar-refractivity contribution in [3.05, 3.63) is 34.9 Å². The highest BCUT2D eigenvalue weighted by Gasteiger charge is 2.24. The molecule has 1 aromatic carbocycles. The Morgan fingerprint density at radius 2 is 1.72 bits per heavy atom. The van der Waals surface area contributed by atoms with E-state index in [2.05, 4.69) is 25.1 Å². The van der Waals surface area contributed by atoms with Gasteiger partial charge >= 0.3 is 0 Å². The highest BCUT2D eigenvalue weighted by Crippen LogP contribution is 2.39. The molecule has 2 aliphatic carbocycles. The van der Waals surface area contributed by atoms with Gasteiger partial charge in [-0.2, -0.15) is 0 Å². The molecule has 1 nitrogen and oxygen atoms in total. The topological polar surface area (TPSA) is 26.0 Å². The standard InChI is InChI=1S/C17H25N/c1-12-7-10-17(18)16-11-14(8-9-15(12)16)13-5-3-2-4-6-13/h8-9,11-13,17H,2-7,10,18H2,1H3/t12?,17-/m0/s1. The van der Waals surface area contributed by atoms with Crippen molar-refractivity contribution in [1.82, 2.24) is 0 Å². The minimum absolute atomic E-state index is 0.278. The molecule has 1 saturated carbocycles. The van der Waals surface area contributed by atoms with Gasteiger partial charge in [-0.25, -0.2) is 0 Å². The maximum atomic E-state index is 6.31. The molecule has 3 rings (SSSR count). The Kier molecular flexibility index (Phi) is 3.43. The minimum atomic E-state index is 0.278. The number of nitrogens with two attached hydrogens (primary N) is 1. The molecule has 0 spiro atoms. The van der Waals surface area contributed by atoms with Crippen LogP contribution in [0.15, 0.2) is 18.2 Å². The molecule has 0 aliphatic heterocycles. The molecule has 1 fully saturated rings. The predicted octanol–water partition coefficient (Wildman–Crippen LogP) is 4.63. The molecule has 1 aromatic rings. The first-order valence-electron chi connectivity index (χ1n) is 7.65. The lowest BCUT2D eigenvalue weighted by molar-refractivity contribution is 0.441. The Labute approximate surface area is 111 Å². The molecule has 2 N–H and O–H groups in total. The van der Waals surface area contributed by atoms with Gasteiger partial charge in [-0.05, 0) is 54.2 Å². The molecule has 1 unspecified atom stereocenters. The third-order valence-electron chi connectivity index (χ3n) is 5.03. The first kappa shape index (κ1) is 12.2. The highest BCUT2D eigenvalue weighted by molar-refractivity contribution is 5.39. The van der Waals surface area contributed by atoms with E-state index in [0.717, 1.165) is 12.3 Å². The molecule has 2 aliphatic rings. The van der Waals surface area contributed by atoms with Gasteiger partial charge in [0.2, 0.25) is 0 Å². The summed E-state index contributed by atoms with van der Waals surface area (Å²) in [4.78, 5) is 0. The van der Waals surface area contributed by atoms with E-state index in [1.807, 2.05) is 0 Å². The molecule has 0 saturated heterocycles. The van der Waals surface area contributed by atoms with Crippen molar-refractivity contribution in [1.29, 1.82) is 0 Å². The van der Waals surface area contributed by atoms with Crippen LogP contribution in [0.4, 0.5) is 0 Å². The summed E-state index contributed by atoms with van der Waals surface area (Å²) in [5.41, 5.74) is 10.8. The fourth-order valence-corrected chi connectivity index (χ4v) is 3.79. The molecule has 98 valence electrons. The summed E-state index contributed by atoms with van der Waals surface area (Å²) in [6, 6.07) is 7.46. The van der Waals surface area contributed by atoms with Crippen LogP contribution < -0.4 is 5.73 Å². The van der Waals surface area contributed by atoms with Gasteiger partial charge in [-0.1, -0.05) is 44.4 Å². The number of hydrogen-bond donors (Lipinski definition) is 1. The molecule has 0 bridgehead atoms. The number of benzene rings is 1. The Bertz CT molecular complexity index is 418. The summed E-state index contributed by atoms with van der Waals surface area (Å²) < 4.78 is 0. The predicted molar refractivity (Wildman–Crippen MR) is 76.8 cm³/mol. The van der Waals surface area contributed by atoms with Crippen LogP contribution in [-0.4, -0.2) is 0 Å². The van der Waals surface area contributed by atoms with Crippen molar-refractivity contribution in [3.8, 4) is 0 Å². The Morgan fingerprint density at radius 1 is 0.944 bits per heavy atom. The van der Waals surface area contributed by atoms with Crippen LogP contribution in [0, 0.1) is 0 Å². The molecule has 0 aromatic heterocycles. The Hall–Kier alpha value is -0.820. The zero-order valence-corrected chi connectivity index (χ0v) is 11.5. The van der Waals surface area contributed by atoms with Gasteiger partial charge in [-0.15, -0.1) is 0 Å². The zero-order chi connectivity index (χ0) is 12.5. The highest BCUT2D eigenvalue weighted by atomic mass is 14.6. The summed E-state index contributed by atoms with van der Waals surface area (Å²) in [5.74, 6) is 1.49. The van der Waals surface area contributed by atoms with Crippen molar-refractivity contribution in [2.45, 2.75) is 69.7 Å². The average Bonchev–Trinajstić information content (AvgIpc) is 2.44. The van der Waals surface area contributed by atoms with Crippen LogP contribution in [0.25, 0.3) is 0 Å². The van der Waals surface area contributed by atoms with E-state index < -0.39 is 0 Å². The van der Waals surface area contributed by atoms with Crippen molar-refractivity contribution in [2.24, 2.45) is 5.73 Å². The van der Waals surface area contributed by atoms with Gasteiger partial charge in [0.15, 0.2) is 0 Å². The molecule has 0 radical (unpaired) electrons. The lowest BCUT2D eigenvalue weighted by Crippen LogP contribution is -2.20. The van der Waals surface area contributed by atoms with E-state index in [4.69, 9.17) is 5.73 Å².